The van der Waals surface area contributed by atoms with Gasteiger partial charge in [0.2, 0.25) is 5.88 Å². The van der Waals surface area contributed by atoms with Crippen molar-refractivity contribution in [3.05, 3.63) is 83.3 Å². The Morgan fingerprint density at radius 1 is 1.24 bits per heavy atom. The molecule has 7 nitrogen and oxygen atoms in total. The molecule has 3 atom stereocenters. The third-order valence-electron chi connectivity index (χ3n) is 6.70. The van der Waals surface area contributed by atoms with Crippen LogP contribution in [-0.2, 0) is 6.54 Å². The summed E-state index contributed by atoms with van der Waals surface area (Å²) in [6.07, 6.45) is 1.36. The molecule has 0 bridgehead atoms. The fraction of sp³-hybridized carbons (Fsp3) is 0.345. The van der Waals surface area contributed by atoms with Crippen molar-refractivity contribution in [3.63, 3.8) is 0 Å². The van der Waals surface area contributed by atoms with Crippen molar-refractivity contribution in [1.29, 1.82) is 5.26 Å². The molecular formula is C29H31FN4O3. The number of hydrogen-bond acceptors (Lipinski definition) is 6. The highest BCUT2D eigenvalue weighted by Gasteiger charge is 2.34. The summed E-state index contributed by atoms with van der Waals surface area (Å²) in [6, 6.07) is 17.0. The molecule has 0 aliphatic carbocycles. The molecule has 1 aromatic heterocycles. The number of hydrogen-bond donors (Lipinski definition) is 1. The van der Waals surface area contributed by atoms with E-state index in [1.807, 2.05) is 27.0 Å². The zero-order valence-electron chi connectivity index (χ0n) is 21.3. The number of nitrogens with zero attached hydrogens (tertiary/aromatic N) is 4. The van der Waals surface area contributed by atoms with Crippen LogP contribution in [0.15, 0.2) is 60.8 Å². The van der Waals surface area contributed by atoms with Crippen LogP contribution in [-0.4, -0.2) is 64.7 Å². The van der Waals surface area contributed by atoms with Gasteiger partial charge >= 0.3 is 0 Å². The molecule has 1 N–H and O–H groups in total. The van der Waals surface area contributed by atoms with E-state index < -0.39 is 0 Å². The van der Waals surface area contributed by atoms with E-state index in [-0.39, 0.29) is 42.3 Å². The maximum absolute atomic E-state index is 13.6. The number of halogens is 1. The fourth-order valence-corrected chi connectivity index (χ4v) is 4.52. The third-order valence-corrected chi connectivity index (χ3v) is 6.70. The molecule has 1 aliphatic rings. The summed E-state index contributed by atoms with van der Waals surface area (Å²) < 4.78 is 19.7. The first-order valence-electron chi connectivity index (χ1n) is 12.3. The Morgan fingerprint density at radius 2 is 2.00 bits per heavy atom. The molecule has 0 radical (unpaired) electrons. The van der Waals surface area contributed by atoms with Gasteiger partial charge in [-0.25, -0.2) is 9.37 Å². The minimum Gasteiger partial charge on any atom is -0.472 e. The highest BCUT2D eigenvalue weighted by atomic mass is 19.1. The molecule has 0 unspecified atom stereocenters. The van der Waals surface area contributed by atoms with E-state index in [4.69, 9.17) is 4.74 Å². The molecule has 37 heavy (non-hydrogen) atoms. The van der Waals surface area contributed by atoms with Crippen molar-refractivity contribution in [2.24, 2.45) is 5.92 Å². The Kier molecular flexibility index (Phi) is 8.17. The number of rotatable bonds is 7. The van der Waals surface area contributed by atoms with E-state index in [9.17, 15) is 19.6 Å². The molecule has 1 aliphatic heterocycles. The first-order valence-corrected chi connectivity index (χ1v) is 12.3. The van der Waals surface area contributed by atoms with E-state index in [1.54, 1.807) is 47.5 Å². The van der Waals surface area contributed by atoms with Gasteiger partial charge in [0.05, 0.1) is 24.3 Å². The van der Waals surface area contributed by atoms with Crippen molar-refractivity contribution in [1.82, 2.24) is 14.8 Å². The average molecular weight is 503 g/mol. The van der Waals surface area contributed by atoms with Crippen LogP contribution in [0, 0.1) is 23.1 Å². The second-order valence-electron chi connectivity index (χ2n) is 9.72. The van der Waals surface area contributed by atoms with Crippen LogP contribution in [0.1, 0.15) is 35.3 Å². The predicted molar refractivity (Wildman–Crippen MR) is 138 cm³/mol. The molecule has 8 heteroatoms. The van der Waals surface area contributed by atoms with Crippen molar-refractivity contribution in [2.45, 2.75) is 32.5 Å². The molecule has 2 aromatic carbocycles. The van der Waals surface area contributed by atoms with Crippen molar-refractivity contribution in [3.8, 4) is 23.1 Å². The number of benzene rings is 2. The summed E-state index contributed by atoms with van der Waals surface area (Å²) in [5, 5.41) is 19.2. The van der Waals surface area contributed by atoms with Gasteiger partial charge in [0.1, 0.15) is 17.5 Å². The van der Waals surface area contributed by atoms with Crippen LogP contribution in [0.3, 0.4) is 0 Å². The van der Waals surface area contributed by atoms with Crippen molar-refractivity contribution >= 4 is 5.91 Å². The van der Waals surface area contributed by atoms with E-state index in [0.29, 0.717) is 36.3 Å². The Balaban J connectivity index is 1.66. The molecule has 0 saturated carbocycles. The number of aliphatic hydroxyl groups excluding tert-OH is 1. The van der Waals surface area contributed by atoms with Gasteiger partial charge in [0, 0.05) is 37.3 Å². The van der Waals surface area contributed by atoms with Gasteiger partial charge in [-0.15, -0.1) is 0 Å². The van der Waals surface area contributed by atoms with Gasteiger partial charge in [0.15, 0.2) is 0 Å². The first-order chi connectivity index (χ1) is 17.8. The molecule has 4 rings (SSSR count). The van der Waals surface area contributed by atoms with Gasteiger partial charge in [0.25, 0.3) is 5.91 Å². The maximum Gasteiger partial charge on any atom is 0.259 e. The van der Waals surface area contributed by atoms with Crippen molar-refractivity contribution < 1.29 is 19.0 Å². The molecule has 0 saturated heterocycles. The number of aliphatic hydroxyl groups is 1. The number of amides is 1. The molecule has 0 fully saturated rings. The quantitative estimate of drug-likeness (QED) is 0.523. The monoisotopic (exact) mass is 502 g/mol. The Labute approximate surface area is 216 Å². The zero-order valence-corrected chi connectivity index (χ0v) is 21.3. The second-order valence-corrected chi connectivity index (χ2v) is 9.72. The topological polar surface area (TPSA) is 89.7 Å². The third kappa shape index (κ3) is 6.13. The Hall–Kier alpha value is -3.80. The number of pyridine rings is 1. The van der Waals surface area contributed by atoms with Crippen LogP contribution in [0.4, 0.5) is 4.39 Å². The molecule has 3 aromatic rings. The minimum atomic E-state index is -0.385. The van der Waals surface area contributed by atoms with Gasteiger partial charge in [-0.05, 0) is 55.4 Å². The number of fused-ring (bicyclic) bond motifs is 1. The Morgan fingerprint density at radius 3 is 2.70 bits per heavy atom. The van der Waals surface area contributed by atoms with E-state index in [0.717, 1.165) is 11.1 Å². The minimum absolute atomic E-state index is 0.0458. The average Bonchev–Trinajstić information content (AvgIpc) is 2.91. The van der Waals surface area contributed by atoms with Gasteiger partial charge in [-0.1, -0.05) is 31.2 Å². The van der Waals surface area contributed by atoms with Gasteiger partial charge < -0.3 is 14.7 Å². The summed E-state index contributed by atoms with van der Waals surface area (Å²) in [5.74, 6) is -0.331. The molecule has 0 spiro atoms. The smallest absolute Gasteiger partial charge is 0.259 e. The largest absolute Gasteiger partial charge is 0.472 e. The van der Waals surface area contributed by atoms with Crippen LogP contribution < -0.4 is 4.74 Å². The second kappa shape index (κ2) is 11.5. The number of likely N-dealkylation sites (N-methyl/N-ethyl adjacent to an activating group) is 1. The molecule has 1 amide bonds. The zero-order chi connectivity index (χ0) is 26.5. The number of aromatic nitrogens is 1. The van der Waals surface area contributed by atoms with Crippen LogP contribution in [0.2, 0.25) is 0 Å². The summed E-state index contributed by atoms with van der Waals surface area (Å²) in [4.78, 5) is 21.9. The van der Waals surface area contributed by atoms with E-state index >= 15 is 0 Å². The van der Waals surface area contributed by atoms with Gasteiger partial charge in [-0.2, -0.15) is 5.26 Å². The highest BCUT2D eigenvalue weighted by Crippen LogP contribution is 2.30. The lowest BCUT2D eigenvalue weighted by atomic mass is 9.98. The fourth-order valence-electron chi connectivity index (χ4n) is 4.52. The first kappa shape index (κ1) is 26.3. The summed E-state index contributed by atoms with van der Waals surface area (Å²) in [5.41, 5.74) is 3.28. The molecule has 2 heterocycles. The summed E-state index contributed by atoms with van der Waals surface area (Å²) in [7, 11) is 1.97. The summed E-state index contributed by atoms with van der Waals surface area (Å²) >= 11 is 0. The number of nitriles is 1. The van der Waals surface area contributed by atoms with E-state index in [2.05, 4.69) is 16.0 Å². The van der Waals surface area contributed by atoms with Gasteiger partial charge in [-0.3, -0.25) is 9.69 Å². The standard InChI is InChI=1S/C29H31FN4O3/c1-19-15-34(20(2)18-35)29(36)26-12-24(23-6-4-5-22(11-23)13-31)14-32-28(26)37-27(19)17-33(3)16-21-7-9-25(30)10-8-21/h4-12,14,19-20,27,35H,15-18H2,1-3H3/t19-,20+,27-/m0/s1. The maximum atomic E-state index is 13.6. The number of carbonyl (C=O) groups is 1. The van der Waals surface area contributed by atoms with Crippen LogP contribution in [0.25, 0.3) is 11.1 Å². The Bertz CT molecular complexity index is 1290. The molecule has 192 valence electrons. The number of ether oxygens (including phenoxy) is 1. The lowest BCUT2D eigenvalue weighted by molar-refractivity contribution is 0.0325. The predicted octanol–water partition coefficient (Wildman–Crippen LogP) is 4.11. The molecular weight excluding hydrogens is 471 g/mol. The van der Waals surface area contributed by atoms with Crippen molar-refractivity contribution in [2.75, 3.05) is 26.7 Å². The lowest BCUT2D eigenvalue weighted by Gasteiger charge is -2.37. The SMILES string of the molecule is C[C@H](CO)N1C[C@H](C)[C@H](CN(C)Cc2ccc(F)cc2)Oc2ncc(-c3cccc(C#N)c3)cc2C1=O. The van der Waals surface area contributed by atoms with E-state index in [1.165, 1.54) is 12.1 Å². The normalized spacial score (nSPS) is 18.4. The highest BCUT2D eigenvalue weighted by molar-refractivity contribution is 5.98. The summed E-state index contributed by atoms with van der Waals surface area (Å²) in [6.45, 7) is 5.24. The lowest BCUT2D eigenvalue weighted by Crippen LogP contribution is -2.49. The van der Waals surface area contributed by atoms with Crippen LogP contribution in [0.5, 0.6) is 5.88 Å². The number of carbonyl (C=O) groups excluding carboxylic acids is 1. The van der Waals surface area contributed by atoms with Crippen LogP contribution >= 0.6 is 0 Å².